The van der Waals surface area contributed by atoms with E-state index in [1.165, 1.54) is 0 Å². The molecule has 1 rings (SSSR count). The molecule has 0 saturated carbocycles. The van der Waals surface area contributed by atoms with E-state index in [1.807, 2.05) is 4.90 Å². The van der Waals surface area contributed by atoms with Gasteiger partial charge in [0.25, 0.3) is 0 Å². The van der Waals surface area contributed by atoms with Crippen LogP contribution in [-0.2, 0) is 9.59 Å². The zero-order valence-electron chi connectivity index (χ0n) is 10.5. The van der Waals surface area contributed by atoms with Gasteiger partial charge in [0, 0.05) is 19.5 Å². The van der Waals surface area contributed by atoms with Crippen LogP contribution in [0.3, 0.4) is 0 Å². The molecule has 4 heteroatoms. The first-order valence-corrected chi connectivity index (χ1v) is 5.92. The van der Waals surface area contributed by atoms with Gasteiger partial charge in [0.2, 0.25) is 12.3 Å². The number of nitrogens with one attached hydrogen (secondary N) is 1. The van der Waals surface area contributed by atoms with E-state index in [1.54, 1.807) is 0 Å². The molecule has 1 aliphatic rings. The molecule has 1 unspecified atom stereocenters. The normalized spacial score (nSPS) is 19.4. The maximum atomic E-state index is 11.7. The van der Waals surface area contributed by atoms with Gasteiger partial charge in [0.15, 0.2) is 0 Å². The van der Waals surface area contributed by atoms with Crippen LogP contribution in [-0.4, -0.2) is 36.3 Å². The number of likely N-dealkylation sites (tertiary alicyclic amines) is 1. The lowest BCUT2D eigenvalue weighted by atomic mass is 9.86. The summed E-state index contributed by atoms with van der Waals surface area (Å²) in [6.07, 6.45) is 3.45. The van der Waals surface area contributed by atoms with Crippen molar-refractivity contribution in [3.8, 4) is 0 Å². The van der Waals surface area contributed by atoms with Gasteiger partial charge < -0.3 is 10.2 Å². The van der Waals surface area contributed by atoms with Crippen LogP contribution in [0.1, 0.15) is 40.0 Å². The van der Waals surface area contributed by atoms with Crippen molar-refractivity contribution in [2.45, 2.75) is 46.1 Å². The summed E-state index contributed by atoms with van der Waals surface area (Å²) in [5.41, 5.74) is -0.0291. The van der Waals surface area contributed by atoms with Crippen LogP contribution >= 0.6 is 0 Å². The number of hydrogen-bond acceptors (Lipinski definition) is 2. The van der Waals surface area contributed by atoms with Crippen molar-refractivity contribution < 1.29 is 9.59 Å². The lowest BCUT2D eigenvalue weighted by Crippen LogP contribution is -2.50. The van der Waals surface area contributed by atoms with Crippen LogP contribution in [0.15, 0.2) is 0 Å². The fourth-order valence-corrected chi connectivity index (χ4v) is 1.93. The van der Waals surface area contributed by atoms with Crippen LogP contribution in [0.2, 0.25) is 0 Å². The Morgan fingerprint density at radius 3 is 2.62 bits per heavy atom. The van der Waals surface area contributed by atoms with Gasteiger partial charge >= 0.3 is 0 Å². The molecule has 0 aromatic heterocycles. The molecule has 0 aromatic rings. The Morgan fingerprint density at radius 2 is 2.12 bits per heavy atom. The molecule has 16 heavy (non-hydrogen) atoms. The maximum Gasteiger partial charge on any atom is 0.222 e. The Morgan fingerprint density at radius 1 is 1.44 bits per heavy atom. The Balaban J connectivity index is 2.59. The summed E-state index contributed by atoms with van der Waals surface area (Å²) in [7, 11) is 0. The quantitative estimate of drug-likeness (QED) is 0.731. The monoisotopic (exact) mass is 226 g/mol. The van der Waals surface area contributed by atoms with Crippen molar-refractivity contribution >= 4 is 12.3 Å². The molecule has 1 fully saturated rings. The van der Waals surface area contributed by atoms with Crippen molar-refractivity contribution in [2.24, 2.45) is 5.41 Å². The van der Waals surface area contributed by atoms with Crippen LogP contribution < -0.4 is 5.32 Å². The highest BCUT2D eigenvalue weighted by atomic mass is 16.2. The van der Waals surface area contributed by atoms with Crippen molar-refractivity contribution in [1.29, 1.82) is 0 Å². The number of carbonyl (C=O) groups is 2. The standard InChI is InChI=1S/C12H22N2O2/c1-12(2,3)10(13-9-15)8-14-7-5-4-6-11(14)16/h9-10H,4-8H2,1-3H3,(H,13,15). The van der Waals surface area contributed by atoms with Gasteiger partial charge in [0.05, 0.1) is 6.04 Å². The van der Waals surface area contributed by atoms with Gasteiger partial charge in [0.1, 0.15) is 0 Å². The minimum Gasteiger partial charge on any atom is -0.354 e. The van der Waals surface area contributed by atoms with E-state index in [9.17, 15) is 9.59 Å². The van der Waals surface area contributed by atoms with Crippen LogP contribution in [0, 0.1) is 5.41 Å². The van der Waals surface area contributed by atoms with Gasteiger partial charge in [-0.2, -0.15) is 0 Å². The second-order valence-corrected chi connectivity index (χ2v) is 5.50. The molecule has 1 heterocycles. The highest BCUT2D eigenvalue weighted by Gasteiger charge is 2.28. The molecule has 92 valence electrons. The van der Waals surface area contributed by atoms with Crippen molar-refractivity contribution in [3.63, 3.8) is 0 Å². The molecular weight excluding hydrogens is 204 g/mol. The van der Waals surface area contributed by atoms with Crippen LogP contribution in [0.25, 0.3) is 0 Å². The molecule has 2 amide bonds. The number of carbonyl (C=O) groups excluding carboxylic acids is 2. The van der Waals surface area contributed by atoms with Gasteiger partial charge in [-0.3, -0.25) is 9.59 Å². The Kier molecular flexibility index (Phi) is 4.33. The maximum absolute atomic E-state index is 11.7. The van der Waals surface area contributed by atoms with E-state index >= 15 is 0 Å². The van der Waals surface area contributed by atoms with E-state index in [4.69, 9.17) is 0 Å². The highest BCUT2D eigenvalue weighted by Crippen LogP contribution is 2.21. The summed E-state index contributed by atoms with van der Waals surface area (Å²) < 4.78 is 0. The van der Waals surface area contributed by atoms with E-state index in [0.29, 0.717) is 13.0 Å². The van der Waals surface area contributed by atoms with Crippen molar-refractivity contribution in [2.75, 3.05) is 13.1 Å². The summed E-state index contributed by atoms with van der Waals surface area (Å²) in [5.74, 6) is 0.216. The number of rotatable bonds is 4. The molecule has 1 saturated heterocycles. The molecule has 0 aliphatic carbocycles. The molecule has 0 spiro atoms. The van der Waals surface area contributed by atoms with Gasteiger partial charge in [-0.25, -0.2) is 0 Å². The van der Waals surface area contributed by atoms with Gasteiger partial charge in [-0.1, -0.05) is 20.8 Å². The number of amides is 2. The third-order valence-electron chi connectivity index (χ3n) is 3.14. The average Bonchev–Trinajstić information content (AvgIpc) is 2.19. The summed E-state index contributed by atoms with van der Waals surface area (Å²) in [6, 6.07) is 0.0204. The molecule has 0 bridgehead atoms. The third-order valence-corrected chi connectivity index (χ3v) is 3.14. The Bertz CT molecular complexity index is 258. The summed E-state index contributed by atoms with van der Waals surface area (Å²) >= 11 is 0. The van der Waals surface area contributed by atoms with Crippen molar-refractivity contribution in [3.05, 3.63) is 0 Å². The van der Waals surface area contributed by atoms with E-state index < -0.39 is 0 Å². The first-order chi connectivity index (χ1) is 7.45. The second kappa shape index (κ2) is 5.32. The molecular formula is C12H22N2O2. The van der Waals surface area contributed by atoms with Crippen LogP contribution in [0.5, 0.6) is 0 Å². The third kappa shape index (κ3) is 3.51. The lowest BCUT2D eigenvalue weighted by Gasteiger charge is -2.36. The fraction of sp³-hybridized carbons (Fsp3) is 0.833. The molecule has 1 N–H and O–H groups in total. The van der Waals surface area contributed by atoms with Gasteiger partial charge in [-0.15, -0.1) is 0 Å². The SMILES string of the molecule is CC(C)(C)C(CN1CCCCC1=O)NC=O. The molecule has 0 aromatic carbocycles. The summed E-state index contributed by atoms with van der Waals surface area (Å²) in [6.45, 7) is 7.67. The van der Waals surface area contributed by atoms with Gasteiger partial charge in [-0.05, 0) is 18.3 Å². The predicted octanol–water partition coefficient (Wildman–Crippen LogP) is 1.16. The zero-order chi connectivity index (χ0) is 12.2. The Hall–Kier alpha value is -1.06. The van der Waals surface area contributed by atoms with E-state index in [2.05, 4.69) is 26.1 Å². The largest absolute Gasteiger partial charge is 0.354 e. The smallest absolute Gasteiger partial charge is 0.222 e. The summed E-state index contributed by atoms with van der Waals surface area (Å²) in [4.78, 5) is 24.1. The molecule has 4 nitrogen and oxygen atoms in total. The summed E-state index contributed by atoms with van der Waals surface area (Å²) in [5, 5.41) is 2.82. The first-order valence-electron chi connectivity index (χ1n) is 5.92. The highest BCUT2D eigenvalue weighted by molar-refractivity contribution is 5.76. The fourth-order valence-electron chi connectivity index (χ4n) is 1.93. The average molecular weight is 226 g/mol. The molecule has 1 aliphatic heterocycles. The molecule has 1 atom stereocenters. The molecule has 0 radical (unpaired) electrons. The van der Waals surface area contributed by atoms with Crippen LogP contribution in [0.4, 0.5) is 0 Å². The number of nitrogens with zero attached hydrogens (tertiary/aromatic N) is 1. The van der Waals surface area contributed by atoms with E-state index in [-0.39, 0.29) is 17.4 Å². The predicted molar refractivity (Wildman–Crippen MR) is 62.9 cm³/mol. The number of hydrogen-bond donors (Lipinski definition) is 1. The second-order valence-electron chi connectivity index (χ2n) is 5.50. The first kappa shape index (κ1) is 13.0. The Labute approximate surface area is 97.4 Å². The number of piperidine rings is 1. The topological polar surface area (TPSA) is 49.4 Å². The minimum absolute atomic E-state index is 0.0204. The van der Waals surface area contributed by atoms with Crippen molar-refractivity contribution in [1.82, 2.24) is 10.2 Å². The minimum atomic E-state index is -0.0291. The lowest BCUT2D eigenvalue weighted by molar-refractivity contribution is -0.134. The van der Waals surface area contributed by atoms with E-state index in [0.717, 1.165) is 25.8 Å². The zero-order valence-corrected chi connectivity index (χ0v) is 10.5.